The van der Waals surface area contributed by atoms with E-state index in [9.17, 15) is 8.78 Å². The number of halogens is 2. The highest BCUT2D eigenvalue weighted by molar-refractivity contribution is 4.86. The second-order valence-electron chi connectivity index (χ2n) is 3.27. The first-order chi connectivity index (χ1) is 6.55. The van der Waals surface area contributed by atoms with Gasteiger partial charge in [-0.3, -0.25) is 4.90 Å². The van der Waals surface area contributed by atoms with Crippen LogP contribution in [0.25, 0.3) is 0 Å². The van der Waals surface area contributed by atoms with Crippen molar-refractivity contribution < 1.29 is 8.78 Å². The van der Waals surface area contributed by atoms with E-state index in [2.05, 4.69) is 13.8 Å². The quantitative estimate of drug-likeness (QED) is 0.669. The maximum Gasteiger partial charge on any atom is 0.272 e. The number of rotatable bonds is 2. The van der Waals surface area contributed by atoms with E-state index in [0.717, 1.165) is 13.0 Å². The fourth-order valence-electron chi connectivity index (χ4n) is 1.08. The van der Waals surface area contributed by atoms with Gasteiger partial charge >= 0.3 is 0 Å². The Morgan fingerprint density at radius 3 is 1.64 bits per heavy atom. The Kier molecular flexibility index (Phi) is 10.9. The number of hydrogen-bond acceptors (Lipinski definition) is 1. The summed E-state index contributed by atoms with van der Waals surface area (Å²) in [5.74, 6) is -2.38. The first-order valence-corrected chi connectivity index (χ1v) is 5.66. The molecule has 0 bridgehead atoms. The van der Waals surface area contributed by atoms with Crippen LogP contribution in [-0.2, 0) is 0 Å². The molecule has 0 aromatic rings. The number of likely N-dealkylation sites (tertiary alicyclic amines) is 1. The molecule has 88 valence electrons. The van der Waals surface area contributed by atoms with Crippen molar-refractivity contribution in [1.29, 1.82) is 0 Å². The lowest BCUT2D eigenvalue weighted by Crippen LogP contribution is -2.56. The molecule has 0 saturated carbocycles. The van der Waals surface area contributed by atoms with Crippen LogP contribution in [0.4, 0.5) is 8.78 Å². The average Bonchev–Trinajstić information content (AvgIpc) is 2.07. The topological polar surface area (TPSA) is 3.24 Å². The standard InChI is InChI=1S/C6H11F2N.C3H8.C2H6/c1-2-3-9-4-6(7,8)5-9;1-3-2;1-2/h2-5H2,1H3;3H2,1-2H3;1-2H3. The van der Waals surface area contributed by atoms with E-state index in [-0.39, 0.29) is 13.1 Å². The minimum atomic E-state index is -2.38. The van der Waals surface area contributed by atoms with Crippen LogP contribution in [0.1, 0.15) is 47.5 Å². The molecule has 1 aliphatic heterocycles. The highest BCUT2D eigenvalue weighted by Gasteiger charge is 2.42. The van der Waals surface area contributed by atoms with Crippen molar-refractivity contribution >= 4 is 0 Å². The Balaban J connectivity index is 0. The van der Waals surface area contributed by atoms with Gasteiger partial charge in [0.25, 0.3) is 5.92 Å². The minimum absolute atomic E-state index is 0.0269. The molecule has 0 aromatic heterocycles. The summed E-state index contributed by atoms with van der Waals surface area (Å²) in [7, 11) is 0. The lowest BCUT2D eigenvalue weighted by molar-refractivity contribution is -0.130. The summed E-state index contributed by atoms with van der Waals surface area (Å²) in [6.45, 7) is 11.0. The molecule has 0 radical (unpaired) electrons. The molecule has 1 aliphatic rings. The van der Waals surface area contributed by atoms with Crippen LogP contribution in [0.15, 0.2) is 0 Å². The van der Waals surface area contributed by atoms with Gasteiger partial charge in [-0.15, -0.1) is 0 Å². The molecule has 0 spiro atoms. The molecule has 0 unspecified atom stereocenters. The summed E-state index contributed by atoms with van der Waals surface area (Å²) in [5, 5.41) is 0. The third-order valence-corrected chi connectivity index (χ3v) is 1.45. The summed E-state index contributed by atoms with van der Waals surface area (Å²) in [6.07, 6.45) is 2.22. The van der Waals surface area contributed by atoms with E-state index in [1.807, 2.05) is 20.8 Å². The average molecular weight is 209 g/mol. The van der Waals surface area contributed by atoms with E-state index in [1.165, 1.54) is 6.42 Å². The Bertz CT molecular complexity index is 108. The molecule has 0 aromatic carbocycles. The largest absolute Gasteiger partial charge is 0.291 e. The summed E-state index contributed by atoms with van der Waals surface area (Å²) < 4.78 is 24.1. The highest BCUT2D eigenvalue weighted by atomic mass is 19.3. The van der Waals surface area contributed by atoms with Crippen LogP contribution in [-0.4, -0.2) is 30.5 Å². The Hall–Kier alpha value is -0.180. The van der Waals surface area contributed by atoms with E-state index in [4.69, 9.17) is 0 Å². The van der Waals surface area contributed by atoms with Gasteiger partial charge < -0.3 is 0 Å². The second-order valence-corrected chi connectivity index (χ2v) is 3.27. The summed E-state index contributed by atoms with van der Waals surface area (Å²) in [6, 6.07) is 0. The molecule has 1 nitrogen and oxygen atoms in total. The highest BCUT2D eigenvalue weighted by Crippen LogP contribution is 2.25. The Morgan fingerprint density at radius 2 is 1.43 bits per heavy atom. The summed E-state index contributed by atoms with van der Waals surface area (Å²) in [5.41, 5.74) is 0. The van der Waals surface area contributed by atoms with Crippen LogP contribution >= 0.6 is 0 Å². The lowest BCUT2D eigenvalue weighted by Gasteiger charge is -2.38. The van der Waals surface area contributed by atoms with Crippen molar-refractivity contribution in [1.82, 2.24) is 4.90 Å². The summed E-state index contributed by atoms with van der Waals surface area (Å²) >= 11 is 0. The molecular weight excluding hydrogens is 184 g/mol. The van der Waals surface area contributed by atoms with E-state index >= 15 is 0 Å². The van der Waals surface area contributed by atoms with Gasteiger partial charge in [0.2, 0.25) is 0 Å². The smallest absolute Gasteiger partial charge is 0.272 e. The molecule has 0 amide bonds. The van der Waals surface area contributed by atoms with Gasteiger partial charge in [-0.1, -0.05) is 41.0 Å². The minimum Gasteiger partial charge on any atom is -0.291 e. The first-order valence-electron chi connectivity index (χ1n) is 5.66. The van der Waals surface area contributed by atoms with Crippen LogP contribution < -0.4 is 0 Å². The molecule has 0 N–H and O–H groups in total. The molecular formula is C11H25F2N. The van der Waals surface area contributed by atoms with Crippen molar-refractivity contribution in [3.8, 4) is 0 Å². The molecule has 3 heteroatoms. The van der Waals surface area contributed by atoms with Crippen molar-refractivity contribution in [2.45, 2.75) is 53.4 Å². The molecule has 1 rings (SSSR count). The van der Waals surface area contributed by atoms with Gasteiger partial charge in [0.05, 0.1) is 13.1 Å². The monoisotopic (exact) mass is 209 g/mol. The van der Waals surface area contributed by atoms with Gasteiger partial charge in [-0.25, -0.2) is 8.78 Å². The number of hydrogen-bond donors (Lipinski definition) is 0. The van der Waals surface area contributed by atoms with Crippen molar-refractivity contribution in [3.05, 3.63) is 0 Å². The predicted octanol–water partition coefficient (Wildman–Crippen LogP) is 3.79. The number of nitrogens with zero attached hydrogens (tertiary/aromatic N) is 1. The van der Waals surface area contributed by atoms with Gasteiger partial charge in [0.15, 0.2) is 0 Å². The van der Waals surface area contributed by atoms with E-state index in [1.54, 1.807) is 4.90 Å². The SMILES string of the molecule is CC.CCC.CCCN1CC(F)(F)C1. The molecule has 1 saturated heterocycles. The van der Waals surface area contributed by atoms with Crippen LogP contribution in [0.5, 0.6) is 0 Å². The fraction of sp³-hybridized carbons (Fsp3) is 1.00. The van der Waals surface area contributed by atoms with E-state index in [0.29, 0.717) is 0 Å². The molecule has 0 atom stereocenters. The second kappa shape index (κ2) is 9.38. The maximum absolute atomic E-state index is 12.1. The maximum atomic E-state index is 12.1. The third-order valence-electron chi connectivity index (χ3n) is 1.45. The zero-order valence-electron chi connectivity index (χ0n) is 10.2. The summed E-state index contributed by atoms with van der Waals surface area (Å²) in [4.78, 5) is 1.76. The lowest BCUT2D eigenvalue weighted by atomic mass is 10.1. The third kappa shape index (κ3) is 8.42. The van der Waals surface area contributed by atoms with Crippen LogP contribution in [0, 0.1) is 0 Å². The molecule has 0 aliphatic carbocycles. The van der Waals surface area contributed by atoms with Crippen LogP contribution in [0.2, 0.25) is 0 Å². The Morgan fingerprint density at radius 1 is 1.07 bits per heavy atom. The number of alkyl halides is 2. The zero-order chi connectivity index (χ0) is 11.6. The van der Waals surface area contributed by atoms with Gasteiger partial charge in [0.1, 0.15) is 0 Å². The van der Waals surface area contributed by atoms with Crippen molar-refractivity contribution in [2.75, 3.05) is 19.6 Å². The fourth-order valence-corrected chi connectivity index (χ4v) is 1.08. The van der Waals surface area contributed by atoms with Gasteiger partial charge in [0, 0.05) is 0 Å². The predicted molar refractivity (Wildman–Crippen MR) is 59.0 cm³/mol. The van der Waals surface area contributed by atoms with Crippen molar-refractivity contribution in [3.63, 3.8) is 0 Å². The zero-order valence-corrected chi connectivity index (χ0v) is 10.2. The first kappa shape index (κ1) is 16.3. The Labute approximate surface area is 87.5 Å². The van der Waals surface area contributed by atoms with Crippen LogP contribution in [0.3, 0.4) is 0 Å². The molecule has 1 fully saturated rings. The normalized spacial score (nSPS) is 18.2. The van der Waals surface area contributed by atoms with E-state index < -0.39 is 5.92 Å². The van der Waals surface area contributed by atoms with Crippen molar-refractivity contribution in [2.24, 2.45) is 0 Å². The van der Waals surface area contributed by atoms with Gasteiger partial charge in [-0.05, 0) is 13.0 Å². The molecule has 14 heavy (non-hydrogen) atoms. The van der Waals surface area contributed by atoms with Gasteiger partial charge in [-0.2, -0.15) is 0 Å². The molecule has 1 heterocycles.